The van der Waals surface area contributed by atoms with Crippen LogP contribution in [0.5, 0.6) is 5.75 Å². The van der Waals surface area contributed by atoms with Gasteiger partial charge in [0.25, 0.3) is 5.91 Å². The number of methoxy groups -OCH3 is 1. The maximum absolute atomic E-state index is 13.2. The summed E-state index contributed by atoms with van der Waals surface area (Å²) in [5.41, 5.74) is 2.61. The number of halogens is 2. The second-order valence-corrected chi connectivity index (χ2v) is 7.38. The van der Waals surface area contributed by atoms with Crippen LogP contribution in [0.25, 0.3) is 16.9 Å². The van der Waals surface area contributed by atoms with E-state index in [-0.39, 0.29) is 5.91 Å². The smallest absolute Gasteiger partial charge is 0.272 e. The number of hydrogen-bond acceptors (Lipinski definition) is 4. The van der Waals surface area contributed by atoms with Crippen LogP contribution in [0.4, 0.5) is 0 Å². The second kappa shape index (κ2) is 8.45. The lowest BCUT2D eigenvalue weighted by Crippen LogP contribution is -2.41. The quantitative estimate of drug-likeness (QED) is 0.616. The van der Waals surface area contributed by atoms with Crippen LogP contribution in [0, 0.1) is 0 Å². The predicted molar refractivity (Wildman–Crippen MR) is 112 cm³/mol. The molecule has 1 saturated heterocycles. The molecule has 1 aliphatic rings. The van der Waals surface area contributed by atoms with E-state index in [9.17, 15) is 4.79 Å². The number of ether oxygens (including phenoxy) is 2. The fourth-order valence-corrected chi connectivity index (χ4v) is 3.49. The van der Waals surface area contributed by atoms with Gasteiger partial charge in [0.15, 0.2) is 0 Å². The first-order valence-electron chi connectivity index (χ1n) is 9.14. The average Bonchev–Trinajstić information content (AvgIpc) is 3.21. The number of carbonyl (C=O) groups excluding carboxylic acids is 1. The maximum atomic E-state index is 13.2. The van der Waals surface area contributed by atoms with E-state index in [0.29, 0.717) is 59.2 Å². The molecule has 0 spiro atoms. The van der Waals surface area contributed by atoms with Gasteiger partial charge in [0, 0.05) is 18.7 Å². The molecular formula is C21H19Cl2N3O3. The lowest BCUT2D eigenvalue weighted by atomic mass is 10.1. The van der Waals surface area contributed by atoms with Gasteiger partial charge >= 0.3 is 0 Å². The van der Waals surface area contributed by atoms with Crippen molar-refractivity contribution in [3.8, 4) is 22.7 Å². The van der Waals surface area contributed by atoms with Crippen LogP contribution in [-0.4, -0.2) is 54.0 Å². The fourth-order valence-electron chi connectivity index (χ4n) is 3.20. The standard InChI is InChI=1S/C21H19Cl2N3O3/c1-28-16-4-2-3-14(11-16)19-13-20(21(27)25-7-9-29-10-8-25)26(24-19)15-5-6-17(22)18(23)12-15/h2-6,11-13H,7-10H2,1H3. The van der Waals surface area contributed by atoms with Crippen LogP contribution in [0.2, 0.25) is 10.0 Å². The van der Waals surface area contributed by atoms with E-state index in [1.807, 2.05) is 24.3 Å². The molecule has 29 heavy (non-hydrogen) atoms. The van der Waals surface area contributed by atoms with Crippen LogP contribution >= 0.6 is 23.2 Å². The van der Waals surface area contributed by atoms with E-state index < -0.39 is 0 Å². The molecule has 2 heterocycles. The zero-order valence-electron chi connectivity index (χ0n) is 15.8. The Morgan fingerprint density at radius 1 is 1.07 bits per heavy atom. The van der Waals surface area contributed by atoms with Gasteiger partial charge in [-0.15, -0.1) is 0 Å². The predicted octanol–water partition coefficient (Wildman–Crippen LogP) is 4.33. The summed E-state index contributed by atoms with van der Waals surface area (Å²) in [7, 11) is 1.61. The zero-order valence-corrected chi connectivity index (χ0v) is 17.3. The minimum Gasteiger partial charge on any atom is -0.497 e. The molecule has 8 heteroatoms. The minimum atomic E-state index is -0.110. The van der Waals surface area contributed by atoms with Gasteiger partial charge in [0.2, 0.25) is 0 Å². The molecule has 0 radical (unpaired) electrons. The van der Waals surface area contributed by atoms with Gasteiger partial charge in [-0.2, -0.15) is 5.10 Å². The molecule has 1 fully saturated rings. The van der Waals surface area contributed by atoms with Crippen molar-refractivity contribution in [2.75, 3.05) is 33.4 Å². The van der Waals surface area contributed by atoms with Gasteiger partial charge < -0.3 is 14.4 Å². The molecule has 4 rings (SSSR count). The monoisotopic (exact) mass is 431 g/mol. The number of aromatic nitrogens is 2. The molecule has 6 nitrogen and oxygen atoms in total. The molecule has 1 amide bonds. The average molecular weight is 432 g/mol. The lowest BCUT2D eigenvalue weighted by Gasteiger charge is -2.26. The highest BCUT2D eigenvalue weighted by molar-refractivity contribution is 6.42. The zero-order chi connectivity index (χ0) is 20.4. The van der Waals surface area contributed by atoms with Gasteiger partial charge in [-0.3, -0.25) is 4.79 Å². The molecule has 0 atom stereocenters. The van der Waals surface area contributed by atoms with Crippen molar-refractivity contribution >= 4 is 29.1 Å². The Balaban J connectivity index is 1.81. The van der Waals surface area contributed by atoms with Crippen LogP contribution in [0.3, 0.4) is 0 Å². The molecule has 0 bridgehead atoms. The van der Waals surface area contributed by atoms with Crippen LogP contribution in [0.1, 0.15) is 10.5 Å². The number of benzene rings is 2. The molecule has 0 unspecified atom stereocenters. The van der Waals surface area contributed by atoms with E-state index in [4.69, 9.17) is 37.8 Å². The summed E-state index contributed by atoms with van der Waals surface area (Å²) in [6, 6.07) is 14.5. The third-order valence-electron chi connectivity index (χ3n) is 4.74. The summed E-state index contributed by atoms with van der Waals surface area (Å²) in [4.78, 5) is 15.0. The number of rotatable bonds is 4. The van der Waals surface area contributed by atoms with Crippen molar-refractivity contribution in [1.29, 1.82) is 0 Å². The Bertz CT molecular complexity index is 1050. The highest BCUT2D eigenvalue weighted by Crippen LogP contribution is 2.29. The Morgan fingerprint density at radius 3 is 2.59 bits per heavy atom. The Morgan fingerprint density at radius 2 is 1.86 bits per heavy atom. The summed E-state index contributed by atoms with van der Waals surface area (Å²) in [5, 5.41) is 5.53. The number of hydrogen-bond donors (Lipinski definition) is 0. The Kier molecular flexibility index (Phi) is 5.76. The molecular weight excluding hydrogens is 413 g/mol. The molecule has 150 valence electrons. The first-order valence-corrected chi connectivity index (χ1v) is 9.89. The van der Waals surface area contributed by atoms with Gasteiger partial charge in [0.05, 0.1) is 41.8 Å². The molecule has 1 aliphatic heterocycles. The van der Waals surface area contributed by atoms with Crippen molar-refractivity contribution < 1.29 is 14.3 Å². The SMILES string of the molecule is COc1cccc(-c2cc(C(=O)N3CCOCC3)n(-c3ccc(Cl)c(Cl)c3)n2)c1. The molecule has 1 aromatic heterocycles. The maximum Gasteiger partial charge on any atom is 0.272 e. The molecule has 0 N–H and O–H groups in total. The van der Waals surface area contributed by atoms with Gasteiger partial charge in [-0.25, -0.2) is 4.68 Å². The molecule has 0 saturated carbocycles. The fraction of sp³-hybridized carbons (Fsp3) is 0.238. The van der Waals surface area contributed by atoms with Crippen molar-refractivity contribution in [3.05, 3.63) is 64.3 Å². The highest BCUT2D eigenvalue weighted by atomic mass is 35.5. The van der Waals surface area contributed by atoms with Crippen molar-refractivity contribution in [2.45, 2.75) is 0 Å². The Labute approximate surface area is 178 Å². The van der Waals surface area contributed by atoms with E-state index >= 15 is 0 Å². The first-order chi connectivity index (χ1) is 14.1. The lowest BCUT2D eigenvalue weighted by molar-refractivity contribution is 0.0297. The third kappa shape index (κ3) is 4.10. The number of morpholine rings is 1. The van der Waals surface area contributed by atoms with Crippen LogP contribution < -0.4 is 4.74 Å². The topological polar surface area (TPSA) is 56.6 Å². The summed E-state index contributed by atoms with van der Waals surface area (Å²) < 4.78 is 12.3. The van der Waals surface area contributed by atoms with E-state index in [0.717, 1.165) is 5.56 Å². The summed E-state index contributed by atoms with van der Waals surface area (Å²) in [6.07, 6.45) is 0. The Hall–Kier alpha value is -2.54. The minimum absolute atomic E-state index is 0.110. The van der Waals surface area contributed by atoms with Crippen molar-refractivity contribution in [1.82, 2.24) is 14.7 Å². The van der Waals surface area contributed by atoms with Gasteiger partial charge in [-0.05, 0) is 36.4 Å². The van der Waals surface area contributed by atoms with Crippen molar-refractivity contribution in [3.63, 3.8) is 0 Å². The van der Waals surface area contributed by atoms with Crippen LogP contribution in [0.15, 0.2) is 48.5 Å². The van der Waals surface area contributed by atoms with Gasteiger partial charge in [-0.1, -0.05) is 35.3 Å². The van der Waals surface area contributed by atoms with Crippen LogP contribution in [-0.2, 0) is 4.74 Å². The number of carbonyl (C=O) groups is 1. The van der Waals surface area contributed by atoms with E-state index in [2.05, 4.69) is 0 Å². The van der Waals surface area contributed by atoms with Crippen molar-refractivity contribution in [2.24, 2.45) is 0 Å². The second-order valence-electron chi connectivity index (χ2n) is 6.56. The third-order valence-corrected chi connectivity index (χ3v) is 5.48. The molecule has 2 aromatic carbocycles. The summed E-state index contributed by atoms with van der Waals surface area (Å²) >= 11 is 12.3. The number of nitrogens with zero attached hydrogens (tertiary/aromatic N) is 3. The normalized spacial score (nSPS) is 14.1. The largest absolute Gasteiger partial charge is 0.497 e. The van der Waals surface area contributed by atoms with E-state index in [1.54, 1.807) is 41.0 Å². The molecule has 0 aliphatic carbocycles. The number of amides is 1. The summed E-state index contributed by atoms with van der Waals surface area (Å²) in [5.74, 6) is 0.605. The highest BCUT2D eigenvalue weighted by Gasteiger charge is 2.24. The first kappa shape index (κ1) is 19.8. The molecule has 3 aromatic rings. The van der Waals surface area contributed by atoms with E-state index in [1.165, 1.54) is 0 Å². The van der Waals surface area contributed by atoms with Gasteiger partial charge in [0.1, 0.15) is 11.4 Å². The summed E-state index contributed by atoms with van der Waals surface area (Å²) in [6.45, 7) is 2.13.